The molecule has 0 spiro atoms. The molecule has 0 fully saturated rings. The highest BCUT2D eigenvalue weighted by atomic mass is 79.9. The van der Waals surface area contributed by atoms with Crippen LogP contribution in [0.1, 0.15) is 44.1 Å². The Morgan fingerprint density at radius 2 is 2.22 bits per heavy atom. The van der Waals surface area contributed by atoms with Gasteiger partial charge in [0, 0.05) is 23.8 Å². The van der Waals surface area contributed by atoms with Gasteiger partial charge in [-0.15, -0.1) is 0 Å². The molecular formula is C13H21BrN2O2. The number of carbonyl (C=O) groups is 1. The standard InChI is InChI=1S/C13H21BrN2O2/c1-4-6-16-8-10(14)7-11(16)12(17)15-9-13(3,18)5-2/h7-8,18H,4-6,9H2,1-3H3,(H,15,17). The molecule has 18 heavy (non-hydrogen) atoms. The first-order valence-electron chi connectivity index (χ1n) is 6.26. The lowest BCUT2D eigenvalue weighted by atomic mass is 10.0. The first-order valence-corrected chi connectivity index (χ1v) is 7.05. The predicted molar refractivity (Wildman–Crippen MR) is 75.7 cm³/mol. The van der Waals surface area contributed by atoms with Crippen LogP contribution >= 0.6 is 15.9 Å². The van der Waals surface area contributed by atoms with Crippen LogP contribution in [0.25, 0.3) is 0 Å². The van der Waals surface area contributed by atoms with E-state index in [4.69, 9.17) is 0 Å². The van der Waals surface area contributed by atoms with Crippen LogP contribution in [-0.2, 0) is 6.54 Å². The van der Waals surface area contributed by atoms with Crippen molar-refractivity contribution in [2.75, 3.05) is 6.54 Å². The molecule has 1 unspecified atom stereocenters. The number of amides is 1. The van der Waals surface area contributed by atoms with E-state index in [1.165, 1.54) is 0 Å². The van der Waals surface area contributed by atoms with Gasteiger partial charge in [-0.2, -0.15) is 0 Å². The Morgan fingerprint density at radius 3 is 2.78 bits per heavy atom. The Morgan fingerprint density at radius 1 is 1.56 bits per heavy atom. The van der Waals surface area contributed by atoms with Gasteiger partial charge in [0.1, 0.15) is 5.69 Å². The summed E-state index contributed by atoms with van der Waals surface area (Å²) < 4.78 is 2.81. The summed E-state index contributed by atoms with van der Waals surface area (Å²) in [5.74, 6) is -0.150. The van der Waals surface area contributed by atoms with Crippen molar-refractivity contribution in [3.63, 3.8) is 0 Å². The maximum Gasteiger partial charge on any atom is 0.268 e. The lowest BCUT2D eigenvalue weighted by Crippen LogP contribution is -2.40. The molecule has 0 aliphatic carbocycles. The van der Waals surface area contributed by atoms with Crippen molar-refractivity contribution in [2.45, 2.75) is 45.8 Å². The molecule has 0 saturated carbocycles. The summed E-state index contributed by atoms with van der Waals surface area (Å²) in [6.45, 7) is 6.74. The van der Waals surface area contributed by atoms with Gasteiger partial charge in [-0.05, 0) is 41.8 Å². The molecule has 0 aromatic carbocycles. The van der Waals surface area contributed by atoms with E-state index in [-0.39, 0.29) is 12.5 Å². The number of carbonyl (C=O) groups excluding carboxylic acids is 1. The zero-order valence-electron chi connectivity index (χ0n) is 11.2. The molecule has 0 bridgehead atoms. The van der Waals surface area contributed by atoms with Crippen LogP contribution in [0.5, 0.6) is 0 Å². The molecule has 0 radical (unpaired) electrons. The van der Waals surface area contributed by atoms with Crippen LogP contribution < -0.4 is 5.32 Å². The van der Waals surface area contributed by atoms with Gasteiger partial charge < -0.3 is 15.0 Å². The number of hydrogen-bond acceptors (Lipinski definition) is 2. The van der Waals surface area contributed by atoms with Gasteiger partial charge in [-0.3, -0.25) is 4.79 Å². The highest BCUT2D eigenvalue weighted by molar-refractivity contribution is 9.10. The van der Waals surface area contributed by atoms with Crippen LogP contribution in [0.15, 0.2) is 16.7 Å². The van der Waals surface area contributed by atoms with Crippen molar-refractivity contribution in [2.24, 2.45) is 0 Å². The smallest absolute Gasteiger partial charge is 0.268 e. The zero-order valence-corrected chi connectivity index (χ0v) is 12.7. The summed E-state index contributed by atoms with van der Waals surface area (Å²) in [4.78, 5) is 12.1. The lowest BCUT2D eigenvalue weighted by molar-refractivity contribution is 0.0516. The van der Waals surface area contributed by atoms with Gasteiger partial charge in [-0.25, -0.2) is 0 Å². The number of aliphatic hydroxyl groups is 1. The summed E-state index contributed by atoms with van der Waals surface area (Å²) in [6, 6.07) is 1.80. The minimum atomic E-state index is -0.852. The van der Waals surface area contributed by atoms with E-state index in [1.807, 2.05) is 17.7 Å². The Labute approximate surface area is 117 Å². The SMILES string of the molecule is CCCn1cc(Br)cc1C(=O)NCC(C)(O)CC. The minimum absolute atomic E-state index is 0.150. The summed E-state index contributed by atoms with van der Waals surface area (Å²) in [5, 5.41) is 12.6. The molecule has 1 atom stereocenters. The van der Waals surface area contributed by atoms with Crippen LogP contribution in [0.3, 0.4) is 0 Å². The van der Waals surface area contributed by atoms with E-state index >= 15 is 0 Å². The second-order valence-corrected chi connectivity index (χ2v) is 5.69. The second-order valence-electron chi connectivity index (χ2n) is 4.77. The van der Waals surface area contributed by atoms with Crippen molar-refractivity contribution in [1.29, 1.82) is 0 Å². The third-order valence-electron chi connectivity index (χ3n) is 2.95. The number of nitrogens with zero attached hydrogens (tertiary/aromatic N) is 1. The number of aromatic nitrogens is 1. The van der Waals surface area contributed by atoms with E-state index in [9.17, 15) is 9.90 Å². The normalized spacial score (nSPS) is 14.3. The van der Waals surface area contributed by atoms with E-state index in [2.05, 4.69) is 28.2 Å². The first kappa shape index (κ1) is 15.2. The molecule has 0 saturated heterocycles. The zero-order chi connectivity index (χ0) is 13.8. The Hall–Kier alpha value is -0.810. The summed E-state index contributed by atoms with van der Waals surface area (Å²) in [7, 11) is 0. The number of hydrogen-bond donors (Lipinski definition) is 2. The Kier molecular flexibility index (Phi) is 5.41. The van der Waals surface area contributed by atoms with Gasteiger partial charge in [0.05, 0.1) is 5.60 Å². The maximum atomic E-state index is 12.1. The fraction of sp³-hybridized carbons (Fsp3) is 0.615. The van der Waals surface area contributed by atoms with E-state index in [1.54, 1.807) is 13.0 Å². The Bertz CT molecular complexity index is 413. The highest BCUT2D eigenvalue weighted by Crippen LogP contribution is 2.16. The Balaban J connectivity index is 2.72. The summed E-state index contributed by atoms with van der Waals surface area (Å²) in [5.41, 5.74) is -0.231. The number of halogens is 1. The fourth-order valence-corrected chi connectivity index (χ4v) is 2.04. The molecule has 2 N–H and O–H groups in total. The van der Waals surface area contributed by atoms with Gasteiger partial charge >= 0.3 is 0 Å². The lowest BCUT2D eigenvalue weighted by Gasteiger charge is -2.21. The minimum Gasteiger partial charge on any atom is -0.388 e. The summed E-state index contributed by atoms with van der Waals surface area (Å²) in [6.07, 6.45) is 3.47. The molecule has 0 aliphatic rings. The largest absolute Gasteiger partial charge is 0.388 e. The molecule has 4 nitrogen and oxygen atoms in total. The number of nitrogens with one attached hydrogen (secondary N) is 1. The highest BCUT2D eigenvalue weighted by Gasteiger charge is 2.20. The van der Waals surface area contributed by atoms with Crippen molar-refractivity contribution >= 4 is 21.8 Å². The van der Waals surface area contributed by atoms with Gasteiger partial charge in [0.15, 0.2) is 0 Å². The predicted octanol–water partition coefficient (Wildman–Crippen LogP) is 2.55. The first-order chi connectivity index (χ1) is 8.39. The molecule has 0 aliphatic heterocycles. The topological polar surface area (TPSA) is 54.3 Å². The van der Waals surface area contributed by atoms with Crippen LogP contribution in [0, 0.1) is 0 Å². The van der Waals surface area contributed by atoms with Crippen molar-refractivity contribution in [3.05, 3.63) is 22.4 Å². The van der Waals surface area contributed by atoms with Gasteiger partial charge in [0.25, 0.3) is 5.91 Å². The molecule has 1 aromatic heterocycles. The average Bonchev–Trinajstić information content (AvgIpc) is 2.68. The van der Waals surface area contributed by atoms with Crippen LogP contribution in [0.4, 0.5) is 0 Å². The van der Waals surface area contributed by atoms with E-state index in [0.717, 1.165) is 17.4 Å². The molecule has 1 aromatic rings. The van der Waals surface area contributed by atoms with Crippen molar-refractivity contribution < 1.29 is 9.90 Å². The van der Waals surface area contributed by atoms with Crippen molar-refractivity contribution in [1.82, 2.24) is 9.88 Å². The third kappa shape index (κ3) is 4.14. The van der Waals surface area contributed by atoms with Crippen LogP contribution in [0.2, 0.25) is 0 Å². The van der Waals surface area contributed by atoms with E-state index in [0.29, 0.717) is 12.1 Å². The van der Waals surface area contributed by atoms with Crippen LogP contribution in [-0.4, -0.2) is 27.7 Å². The van der Waals surface area contributed by atoms with Gasteiger partial charge in [-0.1, -0.05) is 13.8 Å². The third-order valence-corrected chi connectivity index (χ3v) is 3.39. The fourth-order valence-electron chi connectivity index (χ4n) is 1.58. The summed E-state index contributed by atoms with van der Waals surface area (Å²) >= 11 is 3.38. The second kappa shape index (κ2) is 6.38. The number of rotatable bonds is 6. The maximum absolute atomic E-state index is 12.1. The molecule has 1 heterocycles. The average molecular weight is 317 g/mol. The number of aryl methyl sites for hydroxylation is 1. The monoisotopic (exact) mass is 316 g/mol. The molecule has 102 valence electrons. The molecule has 1 amide bonds. The van der Waals surface area contributed by atoms with E-state index < -0.39 is 5.60 Å². The molecule has 5 heteroatoms. The van der Waals surface area contributed by atoms with Crippen molar-refractivity contribution in [3.8, 4) is 0 Å². The molecular weight excluding hydrogens is 296 g/mol. The van der Waals surface area contributed by atoms with Gasteiger partial charge in [0.2, 0.25) is 0 Å². The molecule has 1 rings (SSSR count). The quantitative estimate of drug-likeness (QED) is 0.847.